The summed E-state index contributed by atoms with van der Waals surface area (Å²) in [6, 6.07) is 12.9. The summed E-state index contributed by atoms with van der Waals surface area (Å²) < 4.78 is 3.86. The third-order valence-electron chi connectivity index (χ3n) is 4.60. The van der Waals surface area contributed by atoms with Gasteiger partial charge in [0.15, 0.2) is 5.78 Å². The van der Waals surface area contributed by atoms with Crippen LogP contribution >= 0.6 is 0 Å². The van der Waals surface area contributed by atoms with Crippen molar-refractivity contribution in [2.45, 2.75) is 26.7 Å². The Morgan fingerprint density at radius 1 is 0.929 bits per heavy atom. The number of ketones is 1. The Balaban J connectivity index is 0.000000171. The van der Waals surface area contributed by atoms with Gasteiger partial charge in [0, 0.05) is 18.5 Å². The maximum absolute atomic E-state index is 11.5. The topological polar surface area (TPSA) is 80.8 Å². The monoisotopic (exact) mass is 381 g/mol. The van der Waals surface area contributed by atoms with Gasteiger partial charge < -0.3 is 4.74 Å². The van der Waals surface area contributed by atoms with E-state index in [1.54, 1.807) is 31.2 Å². The summed E-state index contributed by atoms with van der Waals surface area (Å²) in [5.41, 5.74) is 4.51. The fraction of sp³-hybridized carbons (Fsp3) is 0.273. The highest BCUT2D eigenvalue weighted by Crippen LogP contribution is 2.24. The molecule has 6 heteroatoms. The maximum Gasteiger partial charge on any atom is 0.292 e. The van der Waals surface area contributed by atoms with E-state index in [1.165, 1.54) is 23.1 Å². The van der Waals surface area contributed by atoms with Crippen LogP contribution in [-0.4, -0.2) is 42.6 Å². The van der Waals surface area contributed by atoms with Crippen LogP contribution < -0.4 is 0 Å². The lowest BCUT2D eigenvalue weighted by Crippen LogP contribution is -2.29. The predicted molar refractivity (Wildman–Crippen MR) is 104 cm³/mol. The summed E-state index contributed by atoms with van der Waals surface area (Å²) in [6.45, 7) is 4.67. The Morgan fingerprint density at radius 3 is 1.93 bits per heavy atom. The first-order valence-electron chi connectivity index (χ1n) is 8.99. The summed E-state index contributed by atoms with van der Waals surface area (Å²) in [5.74, 6) is -0.0464. The SMILES string of the molecule is CCN1C(=O)c2ccccc2C1=O.COC=O.Cc1cccc2c1CCC2=O. The molecule has 2 amide bonds. The van der Waals surface area contributed by atoms with E-state index in [4.69, 9.17) is 4.79 Å². The lowest BCUT2D eigenvalue weighted by atomic mass is 10.1. The normalized spacial score (nSPS) is 13.7. The number of amides is 2. The van der Waals surface area contributed by atoms with Crippen molar-refractivity contribution in [3.8, 4) is 0 Å². The zero-order chi connectivity index (χ0) is 20.7. The molecule has 2 aromatic carbocycles. The largest absolute Gasteiger partial charge is 0.471 e. The summed E-state index contributed by atoms with van der Waals surface area (Å²) in [7, 11) is 1.31. The standard InChI is InChI=1S/C10H9NO2.C10H10O.C2H4O2/c1-2-11-9(12)7-5-3-4-6-8(7)10(11)13;1-7-3-2-4-9-8(7)5-6-10(9)11;1-4-2-3/h3-6H,2H2,1H3;2-4H,5-6H2,1H3;2H,1H3. The van der Waals surface area contributed by atoms with Gasteiger partial charge >= 0.3 is 0 Å². The lowest BCUT2D eigenvalue weighted by Gasteiger charge is -2.08. The predicted octanol–water partition coefficient (Wildman–Crippen LogP) is 3.22. The van der Waals surface area contributed by atoms with E-state index in [1.807, 2.05) is 12.1 Å². The number of aryl methyl sites for hydroxylation is 1. The smallest absolute Gasteiger partial charge is 0.292 e. The summed E-state index contributed by atoms with van der Waals surface area (Å²) in [4.78, 5) is 44.5. The highest BCUT2D eigenvalue weighted by atomic mass is 16.5. The Morgan fingerprint density at radius 2 is 1.46 bits per heavy atom. The van der Waals surface area contributed by atoms with Crippen molar-refractivity contribution in [1.29, 1.82) is 0 Å². The molecule has 2 aromatic rings. The molecule has 0 unspecified atom stereocenters. The second-order valence-electron chi connectivity index (χ2n) is 6.26. The third-order valence-corrected chi connectivity index (χ3v) is 4.60. The van der Waals surface area contributed by atoms with Gasteiger partial charge in [-0.05, 0) is 43.5 Å². The number of hydrogen-bond acceptors (Lipinski definition) is 5. The molecule has 0 bridgehead atoms. The molecule has 0 N–H and O–H groups in total. The van der Waals surface area contributed by atoms with Gasteiger partial charge in [-0.25, -0.2) is 0 Å². The van der Waals surface area contributed by atoms with Crippen molar-refractivity contribution in [3.05, 3.63) is 70.3 Å². The molecule has 1 aliphatic heterocycles. The van der Waals surface area contributed by atoms with E-state index >= 15 is 0 Å². The van der Waals surface area contributed by atoms with Crippen molar-refractivity contribution >= 4 is 24.1 Å². The van der Waals surface area contributed by atoms with Gasteiger partial charge in [-0.1, -0.05) is 30.3 Å². The van der Waals surface area contributed by atoms with Crippen molar-refractivity contribution in [1.82, 2.24) is 4.90 Å². The first kappa shape index (κ1) is 21.0. The van der Waals surface area contributed by atoms with Gasteiger partial charge in [0.05, 0.1) is 18.2 Å². The van der Waals surface area contributed by atoms with Gasteiger partial charge in [0.25, 0.3) is 18.3 Å². The van der Waals surface area contributed by atoms with Crippen LogP contribution in [0.25, 0.3) is 0 Å². The van der Waals surface area contributed by atoms with Gasteiger partial charge in [-0.2, -0.15) is 0 Å². The quantitative estimate of drug-likeness (QED) is 0.589. The highest BCUT2D eigenvalue weighted by molar-refractivity contribution is 6.21. The van der Waals surface area contributed by atoms with Gasteiger partial charge in [-0.3, -0.25) is 24.1 Å². The second kappa shape index (κ2) is 9.60. The molecule has 0 aromatic heterocycles. The van der Waals surface area contributed by atoms with E-state index in [2.05, 4.69) is 17.7 Å². The summed E-state index contributed by atoms with van der Waals surface area (Å²) in [5, 5.41) is 0. The number of Topliss-reactive ketones (excluding diaryl/α,β-unsaturated/α-hetero) is 1. The number of rotatable bonds is 2. The molecule has 1 aliphatic carbocycles. The van der Waals surface area contributed by atoms with Crippen LogP contribution in [0.3, 0.4) is 0 Å². The Kier molecular flexibility index (Phi) is 7.21. The Bertz CT molecular complexity index is 869. The van der Waals surface area contributed by atoms with E-state index in [0.29, 0.717) is 36.3 Å². The minimum absolute atomic E-state index is 0.178. The van der Waals surface area contributed by atoms with E-state index in [-0.39, 0.29) is 11.8 Å². The number of nitrogens with zero attached hydrogens (tertiary/aromatic N) is 1. The molecule has 2 aliphatic rings. The van der Waals surface area contributed by atoms with Gasteiger partial charge in [0.2, 0.25) is 0 Å². The highest BCUT2D eigenvalue weighted by Gasteiger charge is 2.33. The fourth-order valence-electron chi connectivity index (χ4n) is 3.19. The average molecular weight is 381 g/mol. The number of hydrogen-bond donors (Lipinski definition) is 0. The summed E-state index contributed by atoms with van der Waals surface area (Å²) >= 11 is 0. The number of fused-ring (bicyclic) bond motifs is 2. The molecule has 4 rings (SSSR count). The molecule has 0 saturated heterocycles. The number of methoxy groups -OCH3 is 1. The molecule has 0 radical (unpaired) electrons. The number of benzene rings is 2. The van der Waals surface area contributed by atoms with E-state index < -0.39 is 0 Å². The molecule has 0 saturated carbocycles. The Hall–Kier alpha value is -3.28. The zero-order valence-corrected chi connectivity index (χ0v) is 16.2. The molecule has 146 valence electrons. The third kappa shape index (κ3) is 4.34. The van der Waals surface area contributed by atoms with E-state index in [9.17, 15) is 14.4 Å². The molecule has 6 nitrogen and oxygen atoms in total. The fourth-order valence-corrected chi connectivity index (χ4v) is 3.19. The number of ether oxygens (including phenoxy) is 1. The van der Waals surface area contributed by atoms with Crippen LogP contribution in [0.15, 0.2) is 42.5 Å². The molecule has 28 heavy (non-hydrogen) atoms. The molecule has 0 atom stereocenters. The second-order valence-corrected chi connectivity index (χ2v) is 6.26. The number of carbonyl (C=O) groups excluding carboxylic acids is 4. The average Bonchev–Trinajstić information content (AvgIpc) is 3.22. The first-order valence-corrected chi connectivity index (χ1v) is 8.99. The molecular weight excluding hydrogens is 358 g/mol. The zero-order valence-electron chi connectivity index (χ0n) is 16.2. The first-order chi connectivity index (χ1) is 13.5. The van der Waals surface area contributed by atoms with E-state index in [0.717, 1.165) is 12.0 Å². The van der Waals surface area contributed by atoms with Gasteiger partial charge in [-0.15, -0.1) is 0 Å². The van der Waals surface area contributed by atoms with Crippen LogP contribution in [0.4, 0.5) is 0 Å². The minimum Gasteiger partial charge on any atom is -0.471 e. The summed E-state index contributed by atoms with van der Waals surface area (Å²) in [6.07, 6.45) is 1.65. The number of imide groups is 1. The van der Waals surface area contributed by atoms with Gasteiger partial charge in [0.1, 0.15) is 0 Å². The molecular formula is C22H23NO5. The molecule has 0 spiro atoms. The van der Waals surface area contributed by atoms with Crippen LogP contribution in [0.2, 0.25) is 0 Å². The van der Waals surface area contributed by atoms with Crippen molar-refractivity contribution in [2.24, 2.45) is 0 Å². The van der Waals surface area contributed by atoms with Crippen molar-refractivity contribution in [3.63, 3.8) is 0 Å². The lowest BCUT2D eigenvalue weighted by molar-refractivity contribution is -0.126. The number of carbonyl (C=O) groups is 4. The van der Waals surface area contributed by atoms with Crippen LogP contribution in [0, 0.1) is 6.92 Å². The van der Waals surface area contributed by atoms with Crippen LogP contribution in [0.5, 0.6) is 0 Å². The molecule has 1 heterocycles. The Labute approximate surface area is 164 Å². The molecule has 0 fully saturated rings. The van der Waals surface area contributed by atoms with Crippen LogP contribution in [-0.2, 0) is 16.0 Å². The maximum atomic E-state index is 11.5. The van der Waals surface area contributed by atoms with Crippen molar-refractivity contribution in [2.75, 3.05) is 13.7 Å². The van der Waals surface area contributed by atoms with Crippen LogP contribution in [0.1, 0.15) is 55.5 Å². The van der Waals surface area contributed by atoms with Crippen molar-refractivity contribution < 1.29 is 23.9 Å². The minimum atomic E-state index is -0.178.